The third-order valence-corrected chi connectivity index (χ3v) is 5.76. The summed E-state index contributed by atoms with van der Waals surface area (Å²) in [6.45, 7) is 1.08. The number of thiazole rings is 1. The zero-order valence-corrected chi connectivity index (χ0v) is 19.7. The van der Waals surface area contributed by atoms with Gasteiger partial charge in [0.05, 0.1) is 22.0 Å². The Morgan fingerprint density at radius 1 is 0.944 bits per heavy atom. The summed E-state index contributed by atoms with van der Waals surface area (Å²) in [7, 11) is 0. The fourth-order valence-electron chi connectivity index (χ4n) is 3.36. The summed E-state index contributed by atoms with van der Waals surface area (Å²) in [6, 6.07) is 25.2. The van der Waals surface area contributed by atoms with E-state index in [0.29, 0.717) is 15.6 Å². The van der Waals surface area contributed by atoms with Crippen molar-refractivity contribution in [2.75, 3.05) is 0 Å². The molecule has 0 unspecified atom stereocenters. The van der Waals surface area contributed by atoms with Gasteiger partial charge in [-0.2, -0.15) is 0 Å². The zero-order chi connectivity index (χ0) is 25.7. The second kappa shape index (κ2) is 10.6. The first-order valence-electron chi connectivity index (χ1n) is 10.6. The number of nitrogens with zero attached hydrogens (tertiary/aromatic N) is 5. The number of fused-ring (bicyclic) bond motifs is 1. The summed E-state index contributed by atoms with van der Waals surface area (Å²) >= 11 is 1.21. The highest BCUT2D eigenvalue weighted by molar-refractivity contribution is 7.21. The molecular weight excluding hydrogens is 482 g/mol. The largest absolute Gasteiger partial charge is 0.492 e. The normalized spacial score (nSPS) is 10.8. The Bertz CT molecular complexity index is 1540. The number of aliphatic carboxylic acids is 1. The molecule has 0 amide bonds. The molecule has 0 aliphatic carbocycles. The fraction of sp³-hybridized carbons (Fsp3) is 0.0400. The van der Waals surface area contributed by atoms with Gasteiger partial charge >= 0.3 is 0 Å². The molecule has 5 rings (SSSR count). The molecule has 0 aliphatic rings. The van der Waals surface area contributed by atoms with Crippen LogP contribution in [0.5, 0.6) is 5.88 Å². The number of carbonyl (C=O) groups is 1. The van der Waals surface area contributed by atoms with Gasteiger partial charge in [0, 0.05) is 30.2 Å². The Balaban J connectivity index is 0.000000709. The summed E-state index contributed by atoms with van der Waals surface area (Å²) in [6.07, 6.45) is 0. The topological polar surface area (TPSA) is 143 Å². The monoisotopic (exact) mass is 501 g/mol. The van der Waals surface area contributed by atoms with E-state index < -0.39 is 10.9 Å². The number of azo groups is 1. The lowest BCUT2D eigenvalue weighted by atomic mass is 10.1. The second-order valence-corrected chi connectivity index (χ2v) is 8.34. The highest BCUT2D eigenvalue weighted by atomic mass is 32.1. The maximum Gasteiger partial charge on any atom is 0.300 e. The van der Waals surface area contributed by atoms with Crippen LogP contribution in [0.15, 0.2) is 95.2 Å². The second-order valence-electron chi connectivity index (χ2n) is 7.38. The minimum atomic E-state index is -0.833. The number of non-ortho nitro benzene ring substituents is 1. The van der Waals surface area contributed by atoms with Crippen molar-refractivity contribution in [3.05, 3.63) is 95.0 Å². The Morgan fingerprint density at radius 2 is 1.50 bits per heavy atom. The van der Waals surface area contributed by atoms with E-state index in [1.165, 1.54) is 35.6 Å². The molecule has 0 saturated heterocycles. The molecule has 180 valence electrons. The summed E-state index contributed by atoms with van der Waals surface area (Å²) in [5.74, 6) is -0.899. The number of benzene rings is 3. The van der Waals surface area contributed by atoms with E-state index >= 15 is 0 Å². The minimum Gasteiger partial charge on any atom is -0.492 e. The van der Waals surface area contributed by atoms with Gasteiger partial charge in [-0.25, -0.2) is 4.98 Å². The van der Waals surface area contributed by atoms with E-state index in [-0.39, 0.29) is 11.6 Å². The number of carboxylic acid groups (broad SMARTS) is 1. The molecule has 0 spiro atoms. The first-order valence-corrected chi connectivity index (χ1v) is 11.4. The lowest BCUT2D eigenvalue weighted by Gasteiger charge is -2.05. The fourth-order valence-corrected chi connectivity index (χ4v) is 4.20. The van der Waals surface area contributed by atoms with Crippen LogP contribution >= 0.6 is 11.3 Å². The summed E-state index contributed by atoms with van der Waals surface area (Å²) in [5.41, 5.74) is 3.78. The van der Waals surface area contributed by atoms with Gasteiger partial charge in [-0.05, 0) is 12.1 Å². The third-order valence-electron chi connectivity index (χ3n) is 4.85. The van der Waals surface area contributed by atoms with Crippen molar-refractivity contribution >= 4 is 38.6 Å². The quantitative estimate of drug-likeness (QED) is 0.153. The summed E-state index contributed by atoms with van der Waals surface area (Å²) in [4.78, 5) is 24.7. The molecule has 2 heterocycles. The minimum absolute atomic E-state index is 0.0256. The van der Waals surface area contributed by atoms with Gasteiger partial charge in [-0.3, -0.25) is 19.3 Å². The first kappa shape index (κ1) is 24.2. The number of hydrogen-bond acceptors (Lipinski definition) is 8. The molecule has 2 aromatic heterocycles. The van der Waals surface area contributed by atoms with Crippen LogP contribution in [-0.4, -0.2) is 30.5 Å². The van der Waals surface area contributed by atoms with Crippen LogP contribution in [0.1, 0.15) is 6.92 Å². The smallest absolute Gasteiger partial charge is 0.300 e. The molecule has 0 radical (unpaired) electrons. The maximum absolute atomic E-state index is 11.0. The number of nitro benzene ring substituents is 1. The SMILES string of the molecule is CC(=O)O.O=[N+]([O-])c1ccc(N=Nc2sc3nc(-c4ccccc4)c(-c4ccccc4)n3c2O)cc1. The molecule has 36 heavy (non-hydrogen) atoms. The van der Waals surface area contributed by atoms with E-state index in [1.807, 2.05) is 60.7 Å². The van der Waals surface area contributed by atoms with E-state index in [4.69, 9.17) is 14.9 Å². The number of nitro groups is 1. The molecular formula is C25H19N5O5S. The van der Waals surface area contributed by atoms with Crippen LogP contribution in [0.25, 0.3) is 27.5 Å². The number of carboxylic acids is 1. The molecule has 0 atom stereocenters. The standard InChI is InChI=1S/C23H15N5O3S.C2H4O2/c29-22-21(26-25-17-11-13-18(14-12-17)28(30)31)32-23-24-19(15-7-3-1-4-8-15)20(27(22)23)16-9-5-2-6-10-16;1-2(3)4/h1-14,29H;1H3,(H,3,4). The average Bonchev–Trinajstić information content (AvgIpc) is 3.40. The maximum atomic E-state index is 11.0. The predicted molar refractivity (Wildman–Crippen MR) is 136 cm³/mol. The van der Waals surface area contributed by atoms with Gasteiger partial charge in [0.25, 0.3) is 11.7 Å². The van der Waals surface area contributed by atoms with Crippen LogP contribution in [0.2, 0.25) is 0 Å². The molecule has 0 saturated carbocycles. The molecule has 0 bridgehead atoms. The lowest BCUT2D eigenvalue weighted by Crippen LogP contribution is -1.88. The summed E-state index contributed by atoms with van der Waals surface area (Å²) in [5, 5.41) is 37.8. The lowest BCUT2D eigenvalue weighted by molar-refractivity contribution is -0.384. The Hall–Kier alpha value is -4.90. The molecule has 11 heteroatoms. The van der Waals surface area contributed by atoms with E-state index in [9.17, 15) is 15.2 Å². The van der Waals surface area contributed by atoms with E-state index in [0.717, 1.165) is 29.4 Å². The highest BCUT2D eigenvalue weighted by Gasteiger charge is 2.22. The van der Waals surface area contributed by atoms with Gasteiger partial charge in [0.1, 0.15) is 0 Å². The van der Waals surface area contributed by atoms with Gasteiger partial charge in [0.2, 0.25) is 10.9 Å². The van der Waals surface area contributed by atoms with E-state index in [2.05, 4.69) is 10.2 Å². The van der Waals surface area contributed by atoms with Crippen molar-refractivity contribution < 1.29 is 19.9 Å². The summed E-state index contributed by atoms with van der Waals surface area (Å²) < 4.78 is 1.67. The third kappa shape index (κ3) is 5.26. The van der Waals surface area contributed by atoms with Crippen LogP contribution < -0.4 is 0 Å². The Morgan fingerprint density at radius 3 is 2.06 bits per heavy atom. The molecule has 3 aromatic carbocycles. The highest BCUT2D eigenvalue weighted by Crippen LogP contribution is 2.44. The molecule has 10 nitrogen and oxygen atoms in total. The predicted octanol–water partition coefficient (Wildman–Crippen LogP) is 6.85. The zero-order valence-electron chi connectivity index (χ0n) is 18.8. The molecule has 0 aliphatic heterocycles. The van der Waals surface area contributed by atoms with E-state index in [1.54, 1.807) is 4.40 Å². The van der Waals surface area contributed by atoms with Crippen molar-refractivity contribution in [1.29, 1.82) is 0 Å². The van der Waals surface area contributed by atoms with Crippen LogP contribution in [0, 0.1) is 10.1 Å². The van der Waals surface area contributed by atoms with Crippen LogP contribution in [0.4, 0.5) is 16.4 Å². The van der Waals surface area contributed by atoms with Gasteiger partial charge < -0.3 is 10.2 Å². The van der Waals surface area contributed by atoms with Crippen molar-refractivity contribution in [3.8, 4) is 28.4 Å². The molecule has 2 N–H and O–H groups in total. The van der Waals surface area contributed by atoms with Crippen LogP contribution in [-0.2, 0) is 4.79 Å². The average molecular weight is 502 g/mol. The van der Waals surface area contributed by atoms with Gasteiger partial charge in [0.15, 0.2) is 4.96 Å². The van der Waals surface area contributed by atoms with Crippen LogP contribution in [0.3, 0.4) is 0 Å². The van der Waals surface area contributed by atoms with Crippen molar-refractivity contribution in [2.45, 2.75) is 6.92 Å². The molecule has 5 aromatic rings. The van der Waals surface area contributed by atoms with Crippen molar-refractivity contribution in [2.24, 2.45) is 10.2 Å². The van der Waals surface area contributed by atoms with Crippen molar-refractivity contribution in [3.63, 3.8) is 0 Å². The Labute approximate surface area is 208 Å². The van der Waals surface area contributed by atoms with Gasteiger partial charge in [-0.15, -0.1) is 10.2 Å². The van der Waals surface area contributed by atoms with Gasteiger partial charge in [-0.1, -0.05) is 72.0 Å². The van der Waals surface area contributed by atoms with Crippen molar-refractivity contribution in [1.82, 2.24) is 9.38 Å². The number of hydrogen-bond donors (Lipinski definition) is 2. The number of imidazole rings is 1. The number of aromatic hydroxyl groups is 1. The molecule has 0 fully saturated rings. The Kier molecular flexibility index (Phi) is 7.12. The number of aromatic nitrogens is 2. The first-order chi connectivity index (χ1) is 17.3. The number of rotatable bonds is 5.